The molecule has 1 aromatic heterocycles. The van der Waals surface area contributed by atoms with Crippen LogP contribution in [0.1, 0.15) is 48.8 Å². The second-order valence-corrected chi connectivity index (χ2v) is 6.38. The van der Waals surface area contributed by atoms with Crippen LogP contribution in [0.4, 0.5) is 5.69 Å². The second kappa shape index (κ2) is 6.52. The van der Waals surface area contributed by atoms with Gasteiger partial charge >= 0.3 is 0 Å². The van der Waals surface area contributed by atoms with Gasteiger partial charge in [0.2, 0.25) is 0 Å². The molecule has 6 heteroatoms. The average Bonchev–Trinajstić information content (AvgIpc) is 2.74. The van der Waals surface area contributed by atoms with Crippen LogP contribution in [0.25, 0.3) is 0 Å². The van der Waals surface area contributed by atoms with Gasteiger partial charge in [-0.05, 0) is 32.9 Å². The standard InChI is InChI=1S/C14H24N4OS/c1-4-18-13(12(15)9(2)17-18)14(19)16-10-7-5-6-8-11(10)20-3/h10-11H,4-8,15H2,1-3H3,(H,16,19). The lowest BCUT2D eigenvalue weighted by molar-refractivity contribution is 0.0919. The molecule has 112 valence electrons. The first-order valence-corrected chi connectivity index (χ1v) is 8.53. The summed E-state index contributed by atoms with van der Waals surface area (Å²) in [6.45, 7) is 4.45. The van der Waals surface area contributed by atoms with Crippen LogP contribution < -0.4 is 11.1 Å². The molecule has 1 aliphatic rings. The Balaban J connectivity index is 2.15. The van der Waals surface area contributed by atoms with E-state index in [0.29, 0.717) is 23.2 Å². The van der Waals surface area contributed by atoms with E-state index in [-0.39, 0.29) is 11.9 Å². The Hall–Kier alpha value is -1.17. The number of nitrogens with zero attached hydrogens (tertiary/aromatic N) is 2. The largest absolute Gasteiger partial charge is 0.395 e. The Morgan fingerprint density at radius 2 is 2.20 bits per heavy atom. The molecule has 5 nitrogen and oxygen atoms in total. The van der Waals surface area contributed by atoms with E-state index in [0.717, 1.165) is 12.1 Å². The molecule has 1 saturated carbocycles. The molecule has 1 aromatic rings. The number of aromatic nitrogens is 2. The van der Waals surface area contributed by atoms with Crippen molar-refractivity contribution in [3.05, 3.63) is 11.4 Å². The fraction of sp³-hybridized carbons (Fsp3) is 0.714. The van der Waals surface area contributed by atoms with E-state index >= 15 is 0 Å². The Bertz CT molecular complexity index is 486. The number of nitrogens with two attached hydrogens (primary N) is 1. The van der Waals surface area contributed by atoms with E-state index in [2.05, 4.69) is 16.7 Å². The van der Waals surface area contributed by atoms with Crippen LogP contribution in [0, 0.1) is 6.92 Å². The normalized spacial score (nSPS) is 22.8. The van der Waals surface area contributed by atoms with E-state index in [1.54, 1.807) is 4.68 Å². The van der Waals surface area contributed by atoms with Gasteiger partial charge in [0.25, 0.3) is 5.91 Å². The lowest BCUT2D eigenvalue weighted by Crippen LogP contribution is -2.44. The van der Waals surface area contributed by atoms with Gasteiger partial charge < -0.3 is 11.1 Å². The Morgan fingerprint density at radius 1 is 1.50 bits per heavy atom. The fourth-order valence-corrected chi connectivity index (χ4v) is 3.78. The third-order valence-electron chi connectivity index (χ3n) is 4.01. The maximum absolute atomic E-state index is 12.5. The van der Waals surface area contributed by atoms with Gasteiger partial charge in [-0.15, -0.1) is 0 Å². The zero-order chi connectivity index (χ0) is 14.7. The predicted molar refractivity (Wildman–Crippen MR) is 84.1 cm³/mol. The fourth-order valence-electron chi connectivity index (χ4n) is 2.84. The first-order chi connectivity index (χ1) is 9.58. The van der Waals surface area contributed by atoms with Gasteiger partial charge in [-0.1, -0.05) is 12.8 Å². The number of nitrogens with one attached hydrogen (secondary N) is 1. The molecule has 0 aliphatic heterocycles. The van der Waals surface area contributed by atoms with Gasteiger partial charge in [-0.2, -0.15) is 16.9 Å². The van der Waals surface area contributed by atoms with Crippen LogP contribution in [-0.2, 0) is 6.54 Å². The van der Waals surface area contributed by atoms with E-state index < -0.39 is 0 Å². The molecule has 20 heavy (non-hydrogen) atoms. The topological polar surface area (TPSA) is 72.9 Å². The number of hydrogen-bond acceptors (Lipinski definition) is 4. The smallest absolute Gasteiger partial charge is 0.271 e. The van der Waals surface area contributed by atoms with Crippen LogP contribution in [-0.4, -0.2) is 33.2 Å². The molecule has 0 spiro atoms. The lowest BCUT2D eigenvalue weighted by atomic mass is 9.94. The summed E-state index contributed by atoms with van der Waals surface area (Å²) >= 11 is 1.84. The highest BCUT2D eigenvalue weighted by atomic mass is 32.2. The first kappa shape index (κ1) is 15.2. The molecule has 1 aliphatic carbocycles. The van der Waals surface area contributed by atoms with Crippen LogP contribution in [0.15, 0.2) is 0 Å². The Morgan fingerprint density at radius 3 is 2.85 bits per heavy atom. The van der Waals surface area contributed by atoms with E-state index in [4.69, 9.17) is 5.73 Å². The van der Waals surface area contributed by atoms with Crippen molar-refractivity contribution in [1.29, 1.82) is 0 Å². The SMILES string of the molecule is CCn1nc(C)c(N)c1C(=O)NC1CCCCC1SC. The van der Waals surface area contributed by atoms with Crippen molar-refractivity contribution >= 4 is 23.4 Å². The van der Waals surface area contributed by atoms with E-state index in [1.165, 1.54) is 19.3 Å². The number of aryl methyl sites for hydroxylation is 2. The molecule has 2 rings (SSSR count). The van der Waals surface area contributed by atoms with Crippen LogP contribution in [0.5, 0.6) is 0 Å². The number of amides is 1. The van der Waals surface area contributed by atoms with Gasteiger partial charge in [-0.25, -0.2) is 0 Å². The zero-order valence-electron chi connectivity index (χ0n) is 12.5. The molecule has 1 heterocycles. The van der Waals surface area contributed by atoms with Gasteiger partial charge in [0, 0.05) is 17.8 Å². The molecule has 0 radical (unpaired) electrons. The summed E-state index contributed by atoms with van der Waals surface area (Å²) in [5.74, 6) is -0.0871. The summed E-state index contributed by atoms with van der Waals surface area (Å²) in [5, 5.41) is 7.98. The summed E-state index contributed by atoms with van der Waals surface area (Å²) in [6, 6.07) is 0.242. The second-order valence-electron chi connectivity index (χ2n) is 5.30. The van der Waals surface area contributed by atoms with E-state index in [1.807, 2.05) is 25.6 Å². The van der Waals surface area contributed by atoms with Crippen molar-refractivity contribution < 1.29 is 4.79 Å². The number of carbonyl (C=O) groups is 1. The molecular weight excluding hydrogens is 272 g/mol. The number of carbonyl (C=O) groups excluding carboxylic acids is 1. The van der Waals surface area contributed by atoms with Gasteiger partial charge in [-0.3, -0.25) is 9.48 Å². The zero-order valence-corrected chi connectivity index (χ0v) is 13.3. The number of rotatable bonds is 4. The molecule has 2 unspecified atom stereocenters. The lowest BCUT2D eigenvalue weighted by Gasteiger charge is -2.31. The minimum absolute atomic E-state index is 0.0871. The molecule has 2 atom stereocenters. The first-order valence-electron chi connectivity index (χ1n) is 7.25. The predicted octanol–water partition coefficient (Wildman–Crippen LogP) is 2.20. The summed E-state index contributed by atoms with van der Waals surface area (Å²) in [5.41, 5.74) is 7.74. The summed E-state index contributed by atoms with van der Waals surface area (Å²) in [4.78, 5) is 12.5. The van der Waals surface area contributed by atoms with Gasteiger partial charge in [0.1, 0.15) is 5.69 Å². The summed E-state index contributed by atoms with van der Waals surface area (Å²) < 4.78 is 1.69. The highest BCUT2D eigenvalue weighted by Crippen LogP contribution is 2.27. The number of hydrogen-bond donors (Lipinski definition) is 2. The van der Waals surface area contributed by atoms with Crippen molar-refractivity contribution in [3.63, 3.8) is 0 Å². The van der Waals surface area contributed by atoms with Crippen molar-refractivity contribution in [2.75, 3.05) is 12.0 Å². The maximum Gasteiger partial charge on any atom is 0.271 e. The average molecular weight is 296 g/mol. The third kappa shape index (κ3) is 2.95. The van der Waals surface area contributed by atoms with Crippen LogP contribution in [0.2, 0.25) is 0 Å². The Kier molecular flexibility index (Phi) is 4.96. The molecular formula is C14H24N4OS. The number of anilines is 1. The molecule has 1 fully saturated rings. The molecule has 1 amide bonds. The monoisotopic (exact) mass is 296 g/mol. The van der Waals surface area contributed by atoms with Gasteiger partial charge in [0.05, 0.1) is 11.4 Å². The van der Waals surface area contributed by atoms with Crippen molar-refractivity contribution in [1.82, 2.24) is 15.1 Å². The van der Waals surface area contributed by atoms with Crippen molar-refractivity contribution in [3.8, 4) is 0 Å². The van der Waals surface area contributed by atoms with Crippen LogP contribution >= 0.6 is 11.8 Å². The molecule has 0 bridgehead atoms. The highest BCUT2D eigenvalue weighted by molar-refractivity contribution is 7.99. The van der Waals surface area contributed by atoms with Crippen molar-refractivity contribution in [2.24, 2.45) is 0 Å². The number of thioether (sulfide) groups is 1. The Labute approximate surface area is 124 Å². The molecule has 0 saturated heterocycles. The van der Waals surface area contributed by atoms with Crippen LogP contribution in [0.3, 0.4) is 0 Å². The highest BCUT2D eigenvalue weighted by Gasteiger charge is 2.28. The maximum atomic E-state index is 12.5. The quantitative estimate of drug-likeness (QED) is 0.893. The minimum atomic E-state index is -0.0871. The van der Waals surface area contributed by atoms with Crippen molar-refractivity contribution in [2.45, 2.75) is 57.4 Å². The summed E-state index contributed by atoms with van der Waals surface area (Å²) in [7, 11) is 0. The van der Waals surface area contributed by atoms with Gasteiger partial charge in [0.15, 0.2) is 0 Å². The third-order valence-corrected chi connectivity index (χ3v) is 5.18. The summed E-state index contributed by atoms with van der Waals surface area (Å²) in [6.07, 6.45) is 6.78. The molecule has 0 aromatic carbocycles. The minimum Gasteiger partial charge on any atom is -0.395 e. The molecule has 3 N–H and O–H groups in total. The number of nitrogen functional groups attached to an aromatic ring is 1. The van der Waals surface area contributed by atoms with E-state index in [9.17, 15) is 4.79 Å².